The van der Waals surface area contributed by atoms with E-state index in [-0.39, 0.29) is 34.9 Å². The van der Waals surface area contributed by atoms with Gasteiger partial charge in [0, 0.05) is 18.9 Å². The highest BCUT2D eigenvalue weighted by atomic mass is 35.5. The Morgan fingerprint density at radius 3 is 2.91 bits per heavy atom. The van der Waals surface area contributed by atoms with Gasteiger partial charge in [-0.3, -0.25) is 4.79 Å². The molecule has 0 N–H and O–H groups in total. The van der Waals surface area contributed by atoms with Gasteiger partial charge in [0.1, 0.15) is 0 Å². The molecule has 1 aromatic carbocycles. The quantitative estimate of drug-likeness (QED) is 0.867. The van der Waals surface area contributed by atoms with Crippen LogP contribution >= 0.6 is 11.6 Å². The van der Waals surface area contributed by atoms with E-state index in [1.807, 2.05) is 13.8 Å². The second-order valence-electron chi connectivity index (χ2n) is 5.62. The number of aromatic nitrogens is 2. The Morgan fingerprint density at radius 1 is 1.45 bits per heavy atom. The van der Waals surface area contributed by atoms with E-state index in [9.17, 15) is 9.18 Å². The lowest BCUT2D eigenvalue weighted by Crippen LogP contribution is -2.25. The van der Waals surface area contributed by atoms with E-state index in [2.05, 4.69) is 10.1 Å². The van der Waals surface area contributed by atoms with E-state index in [1.54, 1.807) is 6.07 Å². The molecule has 0 aliphatic carbocycles. The number of amides is 1. The van der Waals surface area contributed by atoms with Gasteiger partial charge in [0.2, 0.25) is 11.8 Å². The molecule has 2 heterocycles. The standard InChI is InChI=1S/C15H15ClFN3O2/c1-8(2)14-18-15(22-19-14)9-6-12(21)20(7-9)11-5-3-4-10(16)13(11)17/h3-5,8-9H,6-7H2,1-2H3. The van der Waals surface area contributed by atoms with E-state index in [0.717, 1.165) is 0 Å². The fraction of sp³-hybridized carbons (Fsp3) is 0.400. The molecule has 1 atom stereocenters. The van der Waals surface area contributed by atoms with Crippen LogP contribution in [0.15, 0.2) is 22.7 Å². The summed E-state index contributed by atoms with van der Waals surface area (Å²) in [5, 5.41) is 3.90. The van der Waals surface area contributed by atoms with Crippen molar-refractivity contribution in [3.8, 4) is 0 Å². The number of rotatable bonds is 3. The molecule has 7 heteroatoms. The molecular formula is C15H15ClFN3O2. The van der Waals surface area contributed by atoms with Crippen LogP contribution in [-0.4, -0.2) is 22.6 Å². The highest BCUT2D eigenvalue weighted by molar-refractivity contribution is 6.31. The molecule has 1 fully saturated rings. The Labute approximate surface area is 132 Å². The van der Waals surface area contributed by atoms with Gasteiger partial charge in [-0.05, 0) is 12.1 Å². The monoisotopic (exact) mass is 323 g/mol. The van der Waals surface area contributed by atoms with Crippen LogP contribution in [0.3, 0.4) is 0 Å². The predicted molar refractivity (Wildman–Crippen MR) is 79.5 cm³/mol. The molecule has 3 rings (SSSR count). The SMILES string of the molecule is CC(C)c1noc(C2CC(=O)N(c3cccc(Cl)c3F)C2)n1. The van der Waals surface area contributed by atoms with Gasteiger partial charge in [-0.15, -0.1) is 0 Å². The number of carbonyl (C=O) groups is 1. The summed E-state index contributed by atoms with van der Waals surface area (Å²) < 4.78 is 19.3. The Balaban J connectivity index is 1.85. The van der Waals surface area contributed by atoms with Gasteiger partial charge in [0.05, 0.1) is 16.6 Å². The van der Waals surface area contributed by atoms with Crippen LogP contribution in [0.25, 0.3) is 0 Å². The molecule has 0 bridgehead atoms. The first-order chi connectivity index (χ1) is 10.5. The minimum atomic E-state index is -0.591. The number of benzene rings is 1. The van der Waals surface area contributed by atoms with E-state index >= 15 is 0 Å². The molecular weight excluding hydrogens is 309 g/mol. The summed E-state index contributed by atoms with van der Waals surface area (Å²) in [6.07, 6.45) is 0.214. The third kappa shape index (κ3) is 2.59. The number of halogens is 2. The predicted octanol–water partition coefficient (Wildman–Crippen LogP) is 3.51. The second-order valence-corrected chi connectivity index (χ2v) is 6.03. The van der Waals surface area contributed by atoms with Crippen molar-refractivity contribution in [3.63, 3.8) is 0 Å². The molecule has 5 nitrogen and oxygen atoms in total. The van der Waals surface area contributed by atoms with Crippen molar-refractivity contribution >= 4 is 23.2 Å². The Hall–Kier alpha value is -1.95. The van der Waals surface area contributed by atoms with Crippen molar-refractivity contribution in [2.75, 3.05) is 11.4 Å². The third-order valence-electron chi connectivity index (χ3n) is 3.67. The van der Waals surface area contributed by atoms with Crippen LogP contribution in [0, 0.1) is 5.82 Å². The normalized spacial score (nSPS) is 18.5. The number of hydrogen-bond donors (Lipinski definition) is 0. The Kier molecular flexibility index (Phi) is 3.87. The van der Waals surface area contributed by atoms with Gasteiger partial charge in [-0.2, -0.15) is 4.98 Å². The first kappa shape index (κ1) is 15.0. The fourth-order valence-corrected chi connectivity index (χ4v) is 2.62. The zero-order valence-electron chi connectivity index (χ0n) is 12.2. The maximum atomic E-state index is 14.1. The van der Waals surface area contributed by atoms with Crippen molar-refractivity contribution in [2.24, 2.45) is 0 Å². The van der Waals surface area contributed by atoms with Crippen LogP contribution in [-0.2, 0) is 4.79 Å². The zero-order chi connectivity index (χ0) is 15.9. The third-order valence-corrected chi connectivity index (χ3v) is 3.96. The van der Waals surface area contributed by atoms with Crippen molar-refractivity contribution in [1.29, 1.82) is 0 Å². The molecule has 116 valence electrons. The summed E-state index contributed by atoms with van der Waals surface area (Å²) >= 11 is 5.78. The lowest BCUT2D eigenvalue weighted by atomic mass is 10.1. The van der Waals surface area contributed by atoms with Gasteiger partial charge in [0.15, 0.2) is 11.6 Å². The molecule has 0 radical (unpaired) electrons. The topological polar surface area (TPSA) is 59.2 Å². The van der Waals surface area contributed by atoms with Crippen molar-refractivity contribution in [3.05, 3.63) is 40.8 Å². The molecule has 0 saturated carbocycles. The van der Waals surface area contributed by atoms with Gasteiger partial charge in [0.25, 0.3) is 0 Å². The summed E-state index contributed by atoms with van der Waals surface area (Å²) in [5.41, 5.74) is 0.184. The summed E-state index contributed by atoms with van der Waals surface area (Å²) in [6, 6.07) is 4.60. The van der Waals surface area contributed by atoms with Crippen LogP contribution in [0.1, 0.15) is 43.8 Å². The largest absolute Gasteiger partial charge is 0.339 e. The molecule has 0 spiro atoms. The number of hydrogen-bond acceptors (Lipinski definition) is 4. The van der Waals surface area contributed by atoms with Gasteiger partial charge < -0.3 is 9.42 Å². The minimum absolute atomic E-state index is 0.00589. The lowest BCUT2D eigenvalue weighted by Gasteiger charge is -2.17. The van der Waals surface area contributed by atoms with Crippen molar-refractivity contribution in [1.82, 2.24) is 10.1 Å². The Morgan fingerprint density at radius 2 is 2.23 bits per heavy atom. The van der Waals surface area contributed by atoms with Gasteiger partial charge in [-0.1, -0.05) is 36.7 Å². The molecule has 22 heavy (non-hydrogen) atoms. The van der Waals surface area contributed by atoms with Gasteiger partial charge >= 0.3 is 0 Å². The summed E-state index contributed by atoms with van der Waals surface area (Å²) in [5.74, 6) is 0.167. The first-order valence-electron chi connectivity index (χ1n) is 7.05. The molecule has 1 unspecified atom stereocenters. The highest BCUT2D eigenvalue weighted by Gasteiger charge is 2.36. The number of anilines is 1. The molecule has 1 aliphatic rings. The summed E-state index contributed by atoms with van der Waals surface area (Å²) in [7, 11) is 0. The lowest BCUT2D eigenvalue weighted by molar-refractivity contribution is -0.117. The molecule has 2 aromatic rings. The first-order valence-corrected chi connectivity index (χ1v) is 7.43. The zero-order valence-corrected chi connectivity index (χ0v) is 13.0. The van der Waals surface area contributed by atoms with Crippen LogP contribution in [0.4, 0.5) is 10.1 Å². The van der Waals surface area contributed by atoms with E-state index in [4.69, 9.17) is 16.1 Å². The van der Waals surface area contributed by atoms with E-state index in [0.29, 0.717) is 18.3 Å². The van der Waals surface area contributed by atoms with E-state index in [1.165, 1.54) is 17.0 Å². The van der Waals surface area contributed by atoms with Gasteiger partial charge in [-0.25, -0.2) is 4.39 Å². The summed E-state index contributed by atoms with van der Waals surface area (Å²) in [6.45, 7) is 4.22. The highest BCUT2D eigenvalue weighted by Crippen LogP contribution is 2.34. The molecule has 1 amide bonds. The summed E-state index contributed by atoms with van der Waals surface area (Å²) in [4.78, 5) is 17.9. The average Bonchev–Trinajstić information content (AvgIpc) is 3.09. The maximum absolute atomic E-state index is 14.1. The van der Waals surface area contributed by atoms with Crippen molar-refractivity contribution in [2.45, 2.75) is 32.1 Å². The molecule has 1 saturated heterocycles. The Bertz CT molecular complexity index is 717. The number of nitrogens with zero attached hydrogens (tertiary/aromatic N) is 3. The van der Waals surface area contributed by atoms with Crippen molar-refractivity contribution < 1.29 is 13.7 Å². The van der Waals surface area contributed by atoms with Crippen LogP contribution in [0.5, 0.6) is 0 Å². The average molecular weight is 324 g/mol. The van der Waals surface area contributed by atoms with E-state index < -0.39 is 5.82 Å². The molecule has 1 aromatic heterocycles. The van der Waals surface area contributed by atoms with Crippen LogP contribution < -0.4 is 4.90 Å². The molecule has 1 aliphatic heterocycles. The second kappa shape index (κ2) is 5.68. The fourth-order valence-electron chi connectivity index (χ4n) is 2.45. The number of carbonyl (C=O) groups excluding carboxylic acids is 1. The maximum Gasteiger partial charge on any atom is 0.232 e. The minimum Gasteiger partial charge on any atom is -0.339 e. The smallest absolute Gasteiger partial charge is 0.232 e. The van der Waals surface area contributed by atoms with Crippen LogP contribution in [0.2, 0.25) is 5.02 Å².